The van der Waals surface area contributed by atoms with Crippen molar-refractivity contribution in [3.8, 4) is 45.5 Å². The molecule has 0 amide bonds. The molecular formula is C45H29N5. The molecule has 0 unspecified atom stereocenters. The molecule has 0 spiro atoms. The Morgan fingerprint density at radius 2 is 0.960 bits per heavy atom. The molecule has 0 radical (unpaired) electrons. The van der Waals surface area contributed by atoms with Crippen molar-refractivity contribution in [1.29, 1.82) is 0 Å². The van der Waals surface area contributed by atoms with E-state index in [-0.39, 0.29) is 0 Å². The quantitative estimate of drug-likeness (QED) is 0.188. The molecule has 0 aliphatic carbocycles. The minimum Gasteiger partial charge on any atom is -0.316 e. The first-order valence-electron chi connectivity index (χ1n) is 16.8. The first kappa shape index (κ1) is 28.2. The second-order valence-electron chi connectivity index (χ2n) is 12.5. The van der Waals surface area contributed by atoms with Gasteiger partial charge in [0.2, 0.25) is 0 Å². The second kappa shape index (κ2) is 11.4. The first-order chi connectivity index (χ1) is 24.8. The zero-order valence-corrected chi connectivity index (χ0v) is 27.0. The summed E-state index contributed by atoms with van der Waals surface area (Å²) >= 11 is 0. The molecular weight excluding hydrogens is 611 g/mol. The fraction of sp³-hybridized carbons (Fsp3) is 0. The van der Waals surface area contributed by atoms with E-state index >= 15 is 0 Å². The van der Waals surface area contributed by atoms with Gasteiger partial charge in [-0.05, 0) is 47.9 Å². The third kappa shape index (κ3) is 4.52. The number of rotatable bonds is 5. The smallest absolute Gasteiger partial charge is 0.164 e. The number of aromatic nitrogens is 5. The highest BCUT2D eigenvalue weighted by Gasteiger charge is 2.18. The molecule has 234 valence electrons. The van der Waals surface area contributed by atoms with Crippen LogP contribution >= 0.6 is 0 Å². The Bertz CT molecular complexity index is 2800. The van der Waals surface area contributed by atoms with Gasteiger partial charge < -0.3 is 9.13 Å². The molecule has 7 aromatic carbocycles. The fourth-order valence-electron chi connectivity index (χ4n) is 7.31. The molecule has 5 nitrogen and oxygen atoms in total. The predicted molar refractivity (Wildman–Crippen MR) is 205 cm³/mol. The highest BCUT2D eigenvalue weighted by molar-refractivity contribution is 6.25. The van der Waals surface area contributed by atoms with Gasteiger partial charge in [0.05, 0.1) is 16.6 Å². The maximum absolute atomic E-state index is 4.99. The van der Waals surface area contributed by atoms with Gasteiger partial charge in [0.1, 0.15) is 0 Å². The second-order valence-corrected chi connectivity index (χ2v) is 12.5. The highest BCUT2D eigenvalue weighted by Crippen LogP contribution is 2.40. The van der Waals surface area contributed by atoms with Crippen LogP contribution in [0.2, 0.25) is 0 Å². The summed E-state index contributed by atoms with van der Waals surface area (Å²) in [6.07, 6.45) is 2.17. The molecule has 0 atom stereocenters. The third-order valence-electron chi connectivity index (χ3n) is 9.58. The maximum Gasteiger partial charge on any atom is 0.164 e. The molecule has 3 heterocycles. The van der Waals surface area contributed by atoms with E-state index in [0.717, 1.165) is 28.1 Å². The molecule has 0 saturated heterocycles. The molecule has 0 bridgehead atoms. The average molecular weight is 640 g/mol. The van der Waals surface area contributed by atoms with E-state index in [9.17, 15) is 0 Å². The van der Waals surface area contributed by atoms with E-state index in [4.69, 9.17) is 15.0 Å². The number of nitrogens with zero attached hydrogens (tertiary/aromatic N) is 5. The van der Waals surface area contributed by atoms with Crippen molar-refractivity contribution >= 4 is 43.5 Å². The van der Waals surface area contributed by atoms with Gasteiger partial charge in [-0.2, -0.15) is 0 Å². The minimum atomic E-state index is 0.635. The molecule has 3 aromatic heterocycles. The van der Waals surface area contributed by atoms with Gasteiger partial charge >= 0.3 is 0 Å². The van der Waals surface area contributed by atoms with Crippen LogP contribution < -0.4 is 0 Å². The molecule has 0 aliphatic heterocycles. The van der Waals surface area contributed by atoms with Gasteiger partial charge in [-0.25, -0.2) is 15.0 Å². The Labute approximate surface area is 288 Å². The summed E-state index contributed by atoms with van der Waals surface area (Å²) in [5.41, 5.74) is 8.59. The Hall–Kier alpha value is -6.85. The van der Waals surface area contributed by atoms with Gasteiger partial charge in [0.25, 0.3) is 0 Å². The SMILES string of the molecule is c1ccc(-c2nc(-c3ccccc3)nc(-c3cccc(-n4ccc5ccc6c(ccc7c6c6ccccc6n7-c6ccccc6)c54)c3)n2)cc1. The van der Waals surface area contributed by atoms with E-state index in [1.165, 1.54) is 43.5 Å². The van der Waals surface area contributed by atoms with Crippen molar-refractivity contribution < 1.29 is 0 Å². The summed E-state index contributed by atoms with van der Waals surface area (Å²) in [5, 5.41) is 6.13. The van der Waals surface area contributed by atoms with E-state index in [0.29, 0.717) is 17.5 Å². The summed E-state index contributed by atoms with van der Waals surface area (Å²) in [6, 6.07) is 59.3. The highest BCUT2D eigenvalue weighted by atomic mass is 15.0. The van der Waals surface area contributed by atoms with Gasteiger partial charge in [0, 0.05) is 55.8 Å². The van der Waals surface area contributed by atoms with Crippen molar-refractivity contribution in [2.75, 3.05) is 0 Å². The average Bonchev–Trinajstić information content (AvgIpc) is 3.79. The Kier molecular flexibility index (Phi) is 6.42. The molecule has 10 aromatic rings. The molecule has 0 aliphatic rings. The maximum atomic E-state index is 4.99. The molecule has 0 fully saturated rings. The lowest BCUT2D eigenvalue weighted by Gasteiger charge is -2.12. The van der Waals surface area contributed by atoms with E-state index < -0.39 is 0 Å². The van der Waals surface area contributed by atoms with Crippen LogP contribution in [0.15, 0.2) is 176 Å². The van der Waals surface area contributed by atoms with Crippen molar-refractivity contribution in [2.24, 2.45) is 0 Å². The number of hydrogen-bond acceptors (Lipinski definition) is 3. The number of fused-ring (bicyclic) bond motifs is 7. The third-order valence-corrected chi connectivity index (χ3v) is 9.58. The normalized spacial score (nSPS) is 11.6. The molecule has 10 rings (SSSR count). The summed E-state index contributed by atoms with van der Waals surface area (Å²) in [5.74, 6) is 1.93. The lowest BCUT2D eigenvalue weighted by Crippen LogP contribution is -2.01. The summed E-state index contributed by atoms with van der Waals surface area (Å²) in [6.45, 7) is 0. The largest absolute Gasteiger partial charge is 0.316 e. The zero-order chi connectivity index (χ0) is 33.0. The molecule has 50 heavy (non-hydrogen) atoms. The minimum absolute atomic E-state index is 0.635. The molecule has 5 heteroatoms. The van der Waals surface area contributed by atoms with Crippen molar-refractivity contribution in [1.82, 2.24) is 24.1 Å². The van der Waals surface area contributed by atoms with Crippen LogP contribution in [0.25, 0.3) is 89.0 Å². The topological polar surface area (TPSA) is 48.5 Å². The van der Waals surface area contributed by atoms with Crippen molar-refractivity contribution in [3.63, 3.8) is 0 Å². The van der Waals surface area contributed by atoms with Crippen molar-refractivity contribution in [2.45, 2.75) is 0 Å². The number of hydrogen-bond donors (Lipinski definition) is 0. The summed E-state index contributed by atoms with van der Waals surface area (Å²) < 4.78 is 4.67. The van der Waals surface area contributed by atoms with Crippen LogP contribution in [0.5, 0.6) is 0 Å². The van der Waals surface area contributed by atoms with Crippen LogP contribution in [-0.4, -0.2) is 24.1 Å². The van der Waals surface area contributed by atoms with Crippen LogP contribution in [0.4, 0.5) is 0 Å². The Morgan fingerprint density at radius 3 is 1.68 bits per heavy atom. The Balaban J connectivity index is 1.17. The van der Waals surface area contributed by atoms with Gasteiger partial charge in [0.15, 0.2) is 17.5 Å². The zero-order valence-electron chi connectivity index (χ0n) is 27.0. The fourth-order valence-corrected chi connectivity index (χ4v) is 7.31. The van der Waals surface area contributed by atoms with Gasteiger partial charge in [-0.1, -0.05) is 127 Å². The summed E-state index contributed by atoms with van der Waals surface area (Å²) in [7, 11) is 0. The van der Waals surface area contributed by atoms with Gasteiger partial charge in [-0.3, -0.25) is 0 Å². The first-order valence-corrected chi connectivity index (χ1v) is 16.8. The molecule has 0 saturated carbocycles. The van der Waals surface area contributed by atoms with E-state index in [1.54, 1.807) is 0 Å². The van der Waals surface area contributed by atoms with Gasteiger partial charge in [-0.15, -0.1) is 0 Å². The monoisotopic (exact) mass is 639 g/mol. The van der Waals surface area contributed by atoms with Crippen LogP contribution in [-0.2, 0) is 0 Å². The van der Waals surface area contributed by atoms with Crippen LogP contribution in [0, 0.1) is 0 Å². The van der Waals surface area contributed by atoms with Crippen LogP contribution in [0.3, 0.4) is 0 Å². The lowest BCUT2D eigenvalue weighted by atomic mass is 10.0. The lowest BCUT2D eigenvalue weighted by molar-refractivity contribution is 1.07. The predicted octanol–water partition coefficient (Wildman–Crippen LogP) is 11.1. The molecule has 0 N–H and O–H groups in total. The Morgan fingerprint density at radius 1 is 0.380 bits per heavy atom. The van der Waals surface area contributed by atoms with E-state index in [1.807, 2.05) is 60.7 Å². The number of para-hydroxylation sites is 2. The standard InChI is InChI=1S/C45H29N5/c1-4-13-31(14-5-1)43-46-44(32-15-6-2-7-16-32)48-45(47-43)33-17-12-20-35(29-33)49-28-27-30-23-24-36-37(42(30)49)25-26-40-41(36)38-21-10-11-22-39(38)50(40)34-18-8-3-9-19-34/h1-29H. The summed E-state index contributed by atoms with van der Waals surface area (Å²) in [4.78, 5) is 14.9. The van der Waals surface area contributed by atoms with Crippen molar-refractivity contribution in [3.05, 3.63) is 176 Å². The van der Waals surface area contributed by atoms with E-state index in [2.05, 4.69) is 125 Å². The van der Waals surface area contributed by atoms with Crippen LogP contribution in [0.1, 0.15) is 0 Å². The number of benzene rings is 7.